The van der Waals surface area contributed by atoms with Crippen LogP contribution in [0.5, 0.6) is 0 Å². The number of rotatable bonds is 5. The van der Waals surface area contributed by atoms with Crippen molar-refractivity contribution in [3.63, 3.8) is 0 Å². The Bertz CT molecular complexity index is 263. The zero-order valence-corrected chi connectivity index (χ0v) is 10.3. The predicted octanol–water partition coefficient (Wildman–Crippen LogP) is 1.45. The first-order valence-corrected chi connectivity index (χ1v) is 5.86. The van der Waals surface area contributed by atoms with Crippen LogP contribution in [-0.2, 0) is 14.3 Å². The van der Waals surface area contributed by atoms with Crippen LogP contribution in [0.3, 0.4) is 0 Å². The number of carbonyl (C=O) groups is 1. The molecule has 0 bridgehead atoms. The number of nitrogens with zero attached hydrogens (tertiary/aromatic N) is 1. The molecule has 1 fully saturated rings. The Morgan fingerprint density at radius 1 is 1.28 bits per heavy atom. The van der Waals surface area contributed by atoms with Crippen molar-refractivity contribution in [2.45, 2.75) is 19.0 Å². The molecular weight excluding hydrogens is 251 g/mol. The van der Waals surface area contributed by atoms with E-state index in [1.165, 1.54) is 12.0 Å². The summed E-state index contributed by atoms with van der Waals surface area (Å²) in [6.07, 6.45) is -4.19. The number of hydrogen-bond acceptors (Lipinski definition) is 3. The summed E-state index contributed by atoms with van der Waals surface area (Å²) in [6.45, 7) is 0.901. The molecule has 0 radical (unpaired) electrons. The van der Waals surface area contributed by atoms with Gasteiger partial charge in [-0.3, -0.25) is 4.79 Å². The van der Waals surface area contributed by atoms with Crippen LogP contribution in [0.15, 0.2) is 0 Å². The lowest BCUT2D eigenvalue weighted by Gasteiger charge is -2.32. The molecule has 1 aliphatic heterocycles. The lowest BCUT2D eigenvalue weighted by atomic mass is 9.96. The Hall–Kier alpha value is -0.820. The van der Waals surface area contributed by atoms with Crippen molar-refractivity contribution in [1.29, 1.82) is 0 Å². The summed E-state index contributed by atoms with van der Waals surface area (Å²) in [5.74, 6) is -1.54. The zero-order chi connectivity index (χ0) is 13.6. The fourth-order valence-electron chi connectivity index (χ4n) is 1.85. The maximum Gasteiger partial charge on any atom is 0.391 e. The summed E-state index contributed by atoms with van der Waals surface area (Å²) < 4.78 is 47.0. The zero-order valence-electron chi connectivity index (χ0n) is 10.3. The molecule has 1 aliphatic rings. The molecule has 0 aromatic rings. The standard InChI is InChI=1S/C11H18F3NO3/c1-17-6-7-18-8-10(16)15-4-2-9(3-5-15)11(12,13)14/h9H,2-8H2,1H3. The van der Waals surface area contributed by atoms with Crippen LogP contribution in [-0.4, -0.2) is 57.0 Å². The van der Waals surface area contributed by atoms with E-state index in [2.05, 4.69) is 0 Å². The van der Waals surface area contributed by atoms with Gasteiger partial charge < -0.3 is 14.4 Å². The summed E-state index contributed by atoms with van der Waals surface area (Å²) in [6, 6.07) is 0. The maximum atomic E-state index is 12.4. The van der Waals surface area contributed by atoms with Crippen molar-refractivity contribution < 1.29 is 27.4 Å². The average Bonchev–Trinajstić information content (AvgIpc) is 2.33. The molecule has 0 spiro atoms. The molecule has 1 heterocycles. The van der Waals surface area contributed by atoms with Crippen LogP contribution in [0.1, 0.15) is 12.8 Å². The third-order valence-electron chi connectivity index (χ3n) is 2.97. The van der Waals surface area contributed by atoms with E-state index >= 15 is 0 Å². The van der Waals surface area contributed by atoms with Gasteiger partial charge in [0, 0.05) is 20.2 Å². The van der Waals surface area contributed by atoms with Gasteiger partial charge in [0.2, 0.25) is 5.91 Å². The Labute approximate surface area is 104 Å². The summed E-state index contributed by atoms with van der Waals surface area (Å²) in [4.78, 5) is 13.0. The SMILES string of the molecule is COCCOCC(=O)N1CCC(C(F)(F)F)CC1. The van der Waals surface area contributed by atoms with Crippen LogP contribution in [0, 0.1) is 5.92 Å². The number of piperidine rings is 1. The maximum absolute atomic E-state index is 12.4. The van der Waals surface area contributed by atoms with E-state index in [0.29, 0.717) is 13.2 Å². The second-order valence-corrected chi connectivity index (χ2v) is 4.24. The number of amides is 1. The molecule has 18 heavy (non-hydrogen) atoms. The number of ether oxygens (including phenoxy) is 2. The summed E-state index contributed by atoms with van der Waals surface area (Å²) in [7, 11) is 1.52. The molecule has 0 aliphatic carbocycles. The van der Waals surface area contributed by atoms with E-state index in [-0.39, 0.29) is 38.4 Å². The fraction of sp³-hybridized carbons (Fsp3) is 0.909. The van der Waals surface area contributed by atoms with E-state index in [1.54, 1.807) is 0 Å². The van der Waals surface area contributed by atoms with Crippen LogP contribution in [0.2, 0.25) is 0 Å². The van der Waals surface area contributed by atoms with Gasteiger partial charge in [0.15, 0.2) is 0 Å². The minimum Gasteiger partial charge on any atom is -0.382 e. The Kier molecular flexibility index (Phi) is 5.87. The highest BCUT2D eigenvalue weighted by Crippen LogP contribution is 2.33. The van der Waals surface area contributed by atoms with Crippen molar-refractivity contribution in [3.05, 3.63) is 0 Å². The monoisotopic (exact) mass is 269 g/mol. The molecule has 4 nitrogen and oxygen atoms in total. The van der Waals surface area contributed by atoms with Gasteiger partial charge in [-0.1, -0.05) is 0 Å². The number of alkyl halides is 3. The Balaban J connectivity index is 2.23. The molecule has 0 aromatic heterocycles. The van der Waals surface area contributed by atoms with Crippen molar-refractivity contribution >= 4 is 5.91 Å². The first-order valence-electron chi connectivity index (χ1n) is 5.86. The van der Waals surface area contributed by atoms with Crippen molar-refractivity contribution in [3.8, 4) is 0 Å². The van der Waals surface area contributed by atoms with Gasteiger partial charge in [-0.15, -0.1) is 0 Å². The summed E-state index contributed by atoms with van der Waals surface area (Å²) in [5, 5.41) is 0. The molecule has 0 aromatic carbocycles. The van der Waals surface area contributed by atoms with E-state index < -0.39 is 12.1 Å². The molecule has 0 atom stereocenters. The third-order valence-corrected chi connectivity index (χ3v) is 2.97. The first kappa shape index (κ1) is 15.2. The van der Waals surface area contributed by atoms with E-state index in [4.69, 9.17) is 9.47 Å². The first-order chi connectivity index (χ1) is 8.45. The van der Waals surface area contributed by atoms with E-state index in [9.17, 15) is 18.0 Å². The minimum absolute atomic E-state index is 0.0205. The molecule has 1 rings (SSSR count). The average molecular weight is 269 g/mol. The van der Waals surface area contributed by atoms with Gasteiger partial charge in [0.05, 0.1) is 19.1 Å². The van der Waals surface area contributed by atoms with E-state index in [1.807, 2.05) is 0 Å². The molecule has 7 heteroatoms. The minimum atomic E-state index is -4.15. The highest BCUT2D eigenvalue weighted by atomic mass is 19.4. The molecule has 1 saturated heterocycles. The molecule has 0 saturated carbocycles. The fourth-order valence-corrected chi connectivity index (χ4v) is 1.85. The molecule has 0 N–H and O–H groups in total. The highest BCUT2D eigenvalue weighted by molar-refractivity contribution is 5.77. The van der Waals surface area contributed by atoms with Crippen LogP contribution >= 0.6 is 0 Å². The highest BCUT2D eigenvalue weighted by Gasteiger charge is 2.41. The van der Waals surface area contributed by atoms with Crippen molar-refractivity contribution in [2.24, 2.45) is 5.92 Å². The molecular formula is C11H18F3NO3. The second-order valence-electron chi connectivity index (χ2n) is 4.24. The third kappa shape index (κ3) is 4.81. The Morgan fingerprint density at radius 2 is 1.89 bits per heavy atom. The van der Waals surface area contributed by atoms with Gasteiger partial charge in [-0.05, 0) is 12.8 Å². The van der Waals surface area contributed by atoms with Crippen molar-refractivity contribution in [1.82, 2.24) is 4.90 Å². The van der Waals surface area contributed by atoms with Gasteiger partial charge in [0.1, 0.15) is 6.61 Å². The number of likely N-dealkylation sites (tertiary alicyclic amines) is 1. The molecule has 1 amide bonds. The number of hydrogen-bond donors (Lipinski definition) is 0. The van der Waals surface area contributed by atoms with Crippen molar-refractivity contribution in [2.75, 3.05) is 40.0 Å². The number of methoxy groups -OCH3 is 1. The number of carbonyl (C=O) groups excluding carboxylic acids is 1. The summed E-state index contributed by atoms with van der Waals surface area (Å²) in [5.41, 5.74) is 0. The quantitative estimate of drug-likeness (QED) is 0.709. The molecule has 0 unspecified atom stereocenters. The molecule has 106 valence electrons. The smallest absolute Gasteiger partial charge is 0.382 e. The largest absolute Gasteiger partial charge is 0.391 e. The lowest BCUT2D eigenvalue weighted by Crippen LogP contribution is -2.43. The normalized spacial score (nSPS) is 18.1. The Morgan fingerprint density at radius 3 is 2.39 bits per heavy atom. The van der Waals surface area contributed by atoms with Crippen LogP contribution in [0.4, 0.5) is 13.2 Å². The topological polar surface area (TPSA) is 38.8 Å². The van der Waals surface area contributed by atoms with Gasteiger partial charge >= 0.3 is 6.18 Å². The second kappa shape index (κ2) is 6.94. The van der Waals surface area contributed by atoms with Crippen LogP contribution < -0.4 is 0 Å². The van der Waals surface area contributed by atoms with Gasteiger partial charge in [0.25, 0.3) is 0 Å². The number of halogens is 3. The summed E-state index contributed by atoms with van der Waals surface area (Å²) >= 11 is 0. The lowest BCUT2D eigenvalue weighted by molar-refractivity contribution is -0.187. The van der Waals surface area contributed by atoms with Gasteiger partial charge in [-0.2, -0.15) is 13.2 Å². The van der Waals surface area contributed by atoms with Gasteiger partial charge in [-0.25, -0.2) is 0 Å². The predicted molar refractivity (Wildman–Crippen MR) is 58.1 cm³/mol. The van der Waals surface area contributed by atoms with E-state index in [0.717, 1.165) is 0 Å². The van der Waals surface area contributed by atoms with Crippen LogP contribution in [0.25, 0.3) is 0 Å².